The fourth-order valence-electron chi connectivity index (χ4n) is 3.55. The molecular weight excluding hydrogens is 483 g/mol. The first-order valence-corrected chi connectivity index (χ1v) is 12.1. The molecule has 0 fully saturated rings. The van der Waals surface area contributed by atoms with Gasteiger partial charge in [-0.25, -0.2) is 0 Å². The van der Waals surface area contributed by atoms with E-state index in [1.807, 2.05) is 27.7 Å². The standard InChI is InChI=1S/C23H42F3N5O5/c1-13(2)11-17(31-21(35)19(27-6)14(3)4)20(34)29-12-18(33)30-16(15(5)32)9-7-8-10-28-22(36)23(24,25)26/h13-14,16-17,19-20,27,29,34H,7-12H2,1-6H3,(H,28,36)(H,30,33)(H,31,35). The summed E-state index contributed by atoms with van der Waals surface area (Å²) < 4.78 is 36.5. The number of aliphatic hydroxyl groups is 1. The number of likely N-dealkylation sites (N-methyl/N-ethyl adjacent to an activating group) is 1. The summed E-state index contributed by atoms with van der Waals surface area (Å²) in [6.07, 6.45) is -5.05. The zero-order valence-corrected chi connectivity index (χ0v) is 21.9. The van der Waals surface area contributed by atoms with Crippen LogP contribution in [0.3, 0.4) is 0 Å². The Labute approximate surface area is 210 Å². The maximum Gasteiger partial charge on any atom is 0.471 e. The van der Waals surface area contributed by atoms with Crippen molar-refractivity contribution in [1.82, 2.24) is 26.6 Å². The van der Waals surface area contributed by atoms with Crippen molar-refractivity contribution in [3.8, 4) is 0 Å². The first kappa shape index (κ1) is 33.8. The van der Waals surface area contributed by atoms with Crippen molar-refractivity contribution in [3.05, 3.63) is 0 Å². The van der Waals surface area contributed by atoms with Gasteiger partial charge in [0.1, 0.15) is 6.23 Å². The molecule has 0 aliphatic carbocycles. The molecule has 0 heterocycles. The van der Waals surface area contributed by atoms with Crippen molar-refractivity contribution >= 4 is 23.5 Å². The summed E-state index contributed by atoms with van der Waals surface area (Å²) in [5, 5.41) is 23.3. The molecule has 0 aromatic heterocycles. The number of hydrogen-bond donors (Lipinski definition) is 6. The van der Waals surface area contributed by atoms with Gasteiger partial charge >= 0.3 is 12.1 Å². The minimum absolute atomic E-state index is 0.0232. The van der Waals surface area contributed by atoms with Gasteiger partial charge in [-0.2, -0.15) is 13.2 Å². The van der Waals surface area contributed by atoms with E-state index in [0.717, 1.165) is 0 Å². The second-order valence-corrected chi connectivity index (χ2v) is 9.56. The van der Waals surface area contributed by atoms with Crippen LogP contribution in [0.2, 0.25) is 0 Å². The van der Waals surface area contributed by atoms with E-state index in [1.54, 1.807) is 12.4 Å². The first-order chi connectivity index (χ1) is 16.6. The lowest BCUT2D eigenvalue weighted by Crippen LogP contribution is -2.57. The zero-order chi connectivity index (χ0) is 28.1. The Morgan fingerprint density at radius 1 is 0.972 bits per heavy atom. The summed E-state index contributed by atoms with van der Waals surface area (Å²) in [7, 11) is 1.67. The molecule has 4 atom stereocenters. The molecule has 0 radical (unpaired) electrons. The number of hydrogen-bond acceptors (Lipinski definition) is 7. The van der Waals surface area contributed by atoms with Gasteiger partial charge < -0.3 is 26.4 Å². The molecule has 3 amide bonds. The molecule has 210 valence electrons. The molecule has 0 aliphatic heterocycles. The number of ketones is 1. The van der Waals surface area contributed by atoms with Crippen LogP contribution in [0.4, 0.5) is 13.2 Å². The Balaban J connectivity index is 4.75. The summed E-state index contributed by atoms with van der Waals surface area (Å²) in [5.41, 5.74) is 0. The van der Waals surface area contributed by atoms with E-state index < -0.39 is 42.3 Å². The minimum atomic E-state index is -4.95. The van der Waals surface area contributed by atoms with Gasteiger partial charge in [0, 0.05) is 6.54 Å². The highest BCUT2D eigenvalue weighted by atomic mass is 19.4. The van der Waals surface area contributed by atoms with Gasteiger partial charge in [-0.05, 0) is 51.5 Å². The van der Waals surface area contributed by atoms with Crippen molar-refractivity contribution in [3.63, 3.8) is 0 Å². The second kappa shape index (κ2) is 16.5. The van der Waals surface area contributed by atoms with Crippen LogP contribution in [0.5, 0.6) is 0 Å². The highest BCUT2D eigenvalue weighted by Gasteiger charge is 2.38. The van der Waals surface area contributed by atoms with E-state index in [-0.39, 0.29) is 49.5 Å². The van der Waals surface area contributed by atoms with Crippen molar-refractivity contribution in [2.75, 3.05) is 20.1 Å². The van der Waals surface area contributed by atoms with Gasteiger partial charge in [0.2, 0.25) is 11.8 Å². The largest absolute Gasteiger partial charge is 0.471 e. The van der Waals surface area contributed by atoms with Crippen LogP contribution >= 0.6 is 0 Å². The Bertz CT molecular complexity index is 719. The molecule has 0 saturated carbocycles. The maximum absolute atomic E-state index is 12.6. The maximum atomic E-state index is 12.6. The number of amides is 3. The zero-order valence-electron chi connectivity index (χ0n) is 21.9. The Kier molecular flexibility index (Phi) is 15.5. The summed E-state index contributed by atoms with van der Waals surface area (Å²) in [5.74, 6) is -3.03. The Morgan fingerprint density at radius 3 is 2.06 bits per heavy atom. The molecule has 10 nitrogen and oxygen atoms in total. The monoisotopic (exact) mass is 525 g/mol. The smallest absolute Gasteiger partial charge is 0.376 e. The van der Waals surface area contributed by atoms with Gasteiger partial charge in [0.15, 0.2) is 5.78 Å². The number of alkyl halides is 3. The fraction of sp³-hybridized carbons (Fsp3) is 0.826. The molecule has 0 bridgehead atoms. The van der Waals surface area contributed by atoms with Crippen molar-refractivity contribution in [1.29, 1.82) is 0 Å². The highest BCUT2D eigenvalue weighted by molar-refractivity contribution is 5.88. The molecule has 0 spiro atoms. The van der Waals surface area contributed by atoms with Crippen LogP contribution in [0.25, 0.3) is 0 Å². The predicted molar refractivity (Wildman–Crippen MR) is 129 cm³/mol. The van der Waals surface area contributed by atoms with Crippen LogP contribution in [-0.2, 0) is 19.2 Å². The molecule has 0 aliphatic rings. The van der Waals surface area contributed by atoms with Crippen LogP contribution in [0.1, 0.15) is 60.3 Å². The molecule has 13 heteroatoms. The lowest BCUT2D eigenvalue weighted by molar-refractivity contribution is -0.173. The third-order valence-electron chi connectivity index (χ3n) is 5.45. The van der Waals surface area contributed by atoms with Crippen LogP contribution < -0.4 is 26.6 Å². The second-order valence-electron chi connectivity index (χ2n) is 9.56. The lowest BCUT2D eigenvalue weighted by Gasteiger charge is -2.29. The Hall–Kier alpha value is -2.25. The van der Waals surface area contributed by atoms with Crippen LogP contribution in [0.15, 0.2) is 0 Å². The SMILES string of the molecule is CNC(C(=O)NC(CC(C)C)C(O)NCC(=O)NC(CCCCNC(=O)C(F)(F)F)C(C)=O)C(C)C. The molecule has 0 aromatic rings. The lowest BCUT2D eigenvalue weighted by atomic mass is 9.99. The number of unbranched alkanes of at least 4 members (excludes halogenated alkanes) is 1. The minimum Gasteiger partial charge on any atom is -0.376 e. The number of rotatable bonds is 17. The third-order valence-corrected chi connectivity index (χ3v) is 5.45. The predicted octanol–water partition coefficient (Wildman–Crippen LogP) is 0.592. The molecular formula is C23H42F3N5O5. The van der Waals surface area contributed by atoms with Gasteiger partial charge in [-0.1, -0.05) is 27.7 Å². The summed E-state index contributed by atoms with van der Waals surface area (Å²) in [6.45, 7) is 8.39. The summed E-state index contributed by atoms with van der Waals surface area (Å²) in [4.78, 5) is 47.6. The van der Waals surface area contributed by atoms with E-state index in [1.165, 1.54) is 6.92 Å². The van der Waals surface area contributed by atoms with Gasteiger partial charge in [0.05, 0.1) is 24.7 Å². The number of carbonyl (C=O) groups excluding carboxylic acids is 4. The number of aliphatic hydroxyl groups excluding tert-OH is 1. The van der Waals surface area contributed by atoms with Gasteiger partial charge in [-0.3, -0.25) is 24.5 Å². The Morgan fingerprint density at radius 2 is 1.58 bits per heavy atom. The fourth-order valence-corrected chi connectivity index (χ4v) is 3.55. The van der Waals surface area contributed by atoms with Crippen LogP contribution in [0, 0.1) is 11.8 Å². The van der Waals surface area contributed by atoms with E-state index in [2.05, 4.69) is 21.3 Å². The average molecular weight is 526 g/mol. The summed E-state index contributed by atoms with van der Waals surface area (Å²) in [6, 6.07) is -1.97. The number of halogens is 3. The quantitative estimate of drug-likeness (QED) is 0.120. The molecule has 4 unspecified atom stereocenters. The van der Waals surface area contributed by atoms with E-state index >= 15 is 0 Å². The van der Waals surface area contributed by atoms with Crippen molar-refractivity contribution < 1.29 is 37.5 Å². The molecule has 6 N–H and O–H groups in total. The first-order valence-electron chi connectivity index (χ1n) is 12.1. The van der Waals surface area contributed by atoms with Gasteiger partial charge in [-0.15, -0.1) is 0 Å². The normalized spacial score (nSPS) is 15.2. The van der Waals surface area contributed by atoms with Crippen LogP contribution in [-0.4, -0.2) is 79.3 Å². The molecule has 36 heavy (non-hydrogen) atoms. The van der Waals surface area contributed by atoms with Crippen molar-refractivity contribution in [2.24, 2.45) is 11.8 Å². The molecule has 0 rings (SSSR count). The number of carbonyl (C=O) groups is 4. The third kappa shape index (κ3) is 13.7. The van der Waals surface area contributed by atoms with Gasteiger partial charge in [0.25, 0.3) is 0 Å². The average Bonchev–Trinajstić information content (AvgIpc) is 2.74. The van der Waals surface area contributed by atoms with Crippen molar-refractivity contribution in [2.45, 2.75) is 90.8 Å². The number of nitrogens with one attached hydrogen (secondary N) is 5. The summed E-state index contributed by atoms with van der Waals surface area (Å²) >= 11 is 0. The van der Waals surface area contributed by atoms with E-state index in [9.17, 15) is 37.5 Å². The molecule has 0 aromatic carbocycles. The molecule has 0 saturated heterocycles. The van der Waals surface area contributed by atoms with E-state index in [4.69, 9.17) is 0 Å². The topological polar surface area (TPSA) is 149 Å². The highest BCUT2D eigenvalue weighted by Crippen LogP contribution is 2.14. The number of Topliss-reactive ketones (excluding diaryl/α,β-unsaturated/α-hetero) is 1. The van der Waals surface area contributed by atoms with E-state index in [0.29, 0.717) is 12.8 Å².